The molecule has 0 atom stereocenters. The molecule has 82 valence electrons. The van der Waals surface area contributed by atoms with E-state index in [1.54, 1.807) is 0 Å². The Labute approximate surface area is 83.0 Å². The molecule has 2 nitrogen and oxygen atoms in total. The van der Waals surface area contributed by atoms with Crippen LogP contribution in [0.1, 0.15) is 32.6 Å². The maximum atomic E-state index is 12.8. The molecule has 4 heteroatoms. The lowest BCUT2D eigenvalue weighted by Crippen LogP contribution is -2.60. The SMILES string of the molecule is CC1CCC2(CC1)NCC(F)(F)CO2. The van der Waals surface area contributed by atoms with Gasteiger partial charge in [0.25, 0.3) is 5.92 Å². The van der Waals surface area contributed by atoms with Gasteiger partial charge in [0.2, 0.25) is 0 Å². The van der Waals surface area contributed by atoms with Crippen LogP contribution in [0.5, 0.6) is 0 Å². The highest BCUT2D eigenvalue weighted by molar-refractivity contribution is 4.90. The van der Waals surface area contributed by atoms with Crippen LogP contribution in [-0.4, -0.2) is 24.8 Å². The van der Waals surface area contributed by atoms with Crippen molar-refractivity contribution in [2.24, 2.45) is 5.92 Å². The van der Waals surface area contributed by atoms with Gasteiger partial charge in [-0.15, -0.1) is 0 Å². The summed E-state index contributed by atoms with van der Waals surface area (Å²) in [5, 5.41) is 2.87. The molecule has 1 aliphatic carbocycles. The minimum Gasteiger partial charge on any atom is -0.354 e. The molecule has 1 saturated heterocycles. The topological polar surface area (TPSA) is 21.3 Å². The van der Waals surface area contributed by atoms with Crippen molar-refractivity contribution < 1.29 is 13.5 Å². The summed E-state index contributed by atoms with van der Waals surface area (Å²) < 4.78 is 31.0. The van der Waals surface area contributed by atoms with Gasteiger partial charge in [-0.1, -0.05) is 6.92 Å². The summed E-state index contributed by atoms with van der Waals surface area (Å²) in [5.74, 6) is -1.98. The minimum absolute atomic E-state index is 0.235. The Morgan fingerprint density at radius 3 is 2.43 bits per heavy atom. The molecule has 0 radical (unpaired) electrons. The second kappa shape index (κ2) is 3.42. The van der Waals surface area contributed by atoms with Gasteiger partial charge in [-0.3, -0.25) is 5.32 Å². The van der Waals surface area contributed by atoms with E-state index in [-0.39, 0.29) is 6.54 Å². The minimum atomic E-state index is -2.69. The van der Waals surface area contributed by atoms with Gasteiger partial charge in [-0.25, -0.2) is 8.78 Å². The average molecular weight is 205 g/mol. The van der Waals surface area contributed by atoms with Gasteiger partial charge < -0.3 is 4.74 Å². The first-order valence-electron chi connectivity index (χ1n) is 5.28. The van der Waals surface area contributed by atoms with Crippen LogP contribution < -0.4 is 5.32 Å². The third kappa shape index (κ3) is 2.06. The number of alkyl halides is 2. The summed E-state index contributed by atoms with van der Waals surface area (Å²) in [6, 6.07) is 0. The van der Waals surface area contributed by atoms with Crippen LogP contribution in [0.15, 0.2) is 0 Å². The Kier molecular flexibility index (Phi) is 2.52. The Bertz CT molecular complexity index is 200. The zero-order valence-electron chi connectivity index (χ0n) is 8.48. The lowest BCUT2D eigenvalue weighted by atomic mass is 9.84. The fourth-order valence-corrected chi connectivity index (χ4v) is 2.19. The summed E-state index contributed by atoms with van der Waals surface area (Å²) in [6.45, 7) is 1.54. The van der Waals surface area contributed by atoms with E-state index in [1.165, 1.54) is 0 Å². The Balaban J connectivity index is 1.93. The molecule has 14 heavy (non-hydrogen) atoms. The molecule has 2 rings (SSSR count). The highest BCUT2D eigenvalue weighted by Crippen LogP contribution is 2.36. The maximum absolute atomic E-state index is 12.8. The summed E-state index contributed by atoms with van der Waals surface area (Å²) in [5.41, 5.74) is -0.436. The van der Waals surface area contributed by atoms with Crippen molar-refractivity contribution >= 4 is 0 Å². The van der Waals surface area contributed by atoms with Crippen LogP contribution >= 0.6 is 0 Å². The zero-order valence-corrected chi connectivity index (χ0v) is 8.48. The predicted octanol–water partition coefficient (Wildman–Crippen LogP) is 2.15. The Morgan fingerprint density at radius 1 is 1.29 bits per heavy atom. The lowest BCUT2D eigenvalue weighted by molar-refractivity contribution is -0.206. The molecule has 1 N–H and O–H groups in total. The summed E-state index contributed by atoms with van der Waals surface area (Å²) in [7, 11) is 0. The second-order valence-corrected chi connectivity index (χ2v) is 4.67. The van der Waals surface area contributed by atoms with Crippen molar-refractivity contribution in [3.63, 3.8) is 0 Å². The molecular weight excluding hydrogens is 188 g/mol. The number of nitrogens with one attached hydrogen (secondary N) is 1. The van der Waals surface area contributed by atoms with E-state index in [1.807, 2.05) is 0 Å². The quantitative estimate of drug-likeness (QED) is 0.654. The van der Waals surface area contributed by atoms with E-state index in [0.717, 1.165) is 25.7 Å². The molecule has 0 unspecified atom stereocenters. The average Bonchev–Trinajstić information content (AvgIpc) is 2.16. The number of ether oxygens (including phenoxy) is 1. The van der Waals surface area contributed by atoms with Crippen LogP contribution in [0, 0.1) is 5.92 Å². The molecule has 1 heterocycles. The normalized spacial score (nSPS) is 42.6. The van der Waals surface area contributed by atoms with E-state index < -0.39 is 18.3 Å². The standard InChI is InChI=1S/C10H17F2NO/c1-8-2-4-10(5-3-8)13-6-9(11,12)7-14-10/h8,13H,2-7H2,1H3. The molecule has 2 fully saturated rings. The van der Waals surface area contributed by atoms with Gasteiger partial charge in [-0.2, -0.15) is 0 Å². The maximum Gasteiger partial charge on any atom is 0.283 e. The molecule has 0 aromatic heterocycles. The van der Waals surface area contributed by atoms with Crippen molar-refractivity contribution in [3.8, 4) is 0 Å². The number of halogens is 2. The highest BCUT2D eigenvalue weighted by atomic mass is 19.3. The molecule has 0 amide bonds. The molecule has 1 saturated carbocycles. The zero-order chi connectivity index (χ0) is 10.2. The van der Waals surface area contributed by atoms with Crippen LogP contribution in [0.2, 0.25) is 0 Å². The molecule has 0 bridgehead atoms. The molecule has 2 aliphatic rings. The lowest BCUT2D eigenvalue weighted by Gasteiger charge is -2.44. The summed E-state index contributed by atoms with van der Waals surface area (Å²) >= 11 is 0. The van der Waals surface area contributed by atoms with E-state index in [9.17, 15) is 8.78 Å². The van der Waals surface area contributed by atoms with Crippen LogP contribution in [0.4, 0.5) is 8.78 Å². The Hall–Kier alpha value is -0.220. The van der Waals surface area contributed by atoms with Gasteiger partial charge in [0.05, 0.1) is 6.54 Å². The predicted molar refractivity (Wildman–Crippen MR) is 49.3 cm³/mol. The van der Waals surface area contributed by atoms with Crippen molar-refractivity contribution in [2.45, 2.75) is 44.3 Å². The first-order chi connectivity index (χ1) is 6.52. The Morgan fingerprint density at radius 2 is 1.93 bits per heavy atom. The first kappa shape index (κ1) is 10.3. The largest absolute Gasteiger partial charge is 0.354 e. The summed E-state index contributed by atoms with van der Waals surface area (Å²) in [6.07, 6.45) is 3.87. The van der Waals surface area contributed by atoms with Crippen molar-refractivity contribution in [1.29, 1.82) is 0 Å². The third-order valence-corrected chi connectivity index (χ3v) is 3.31. The number of rotatable bonds is 0. The fourth-order valence-electron chi connectivity index (χ4n) is 2.19. The van der Waals surface area contributed by atoms with Gasteiger partial charge in [-0.05, 0) is 31.6 Å². The van der Waals surface area contributed by atoms with Crippen LogP contribution in [0.3, 0.4) is 0 Å². The molecule has 0 aromatic rings. The van der Waals surface area contributed by atoms with Gasteiger partial charge >= 0.3 is 0 Å². The third-order valence-electron chi connectivity index (χ3n) is 3.31. The first-order valence-corrected chi connectivity index (χ1v) is 5.28. The van der Waals surface area contributed by atoms with E-state index in [0.29, 0.717) is 5.92 Å². The molecular formula is C10H17F2NO. The monoisotopic (exact) mass is 205 g/mol. The second-order valence-electron chi connectivity index (χ2n) is 4.67. The smallest absolute Gasteiger partial charge is 0.283 e. The number of hydrogen-bond acceptors (Lipinski definition) is 2. The number of hydrogen-bond donors (Lipinski definition) is 1. The molecule has 0 aromatic carbocycles. The van der Waals surface area contributed by atoms with Crippen molar-refractivity contribution in [3.05, 3.63) is 0 Å². The van der Waals surface area contributed by atoms with Crippen molar-refractivity contribution in [1.82, 2.24) is 5.32 Å². The van der Waals surface area contributed by atoms with Crippen LogP contribution in [-0.2, 0) is 4.74 Å². The van der Waals surface area contributed by atoms with Crippen molar-refractivity contribution in [2.75, 3.05) is 13.2 Å². The van der Waals surface area contributed by atoms with Gasteiger partial charge in [0.1, 0.15) is 12.3 Å². The van der Waals surface area contributed by atoms with E-state index in [4.69, 9.17) is 4.74 Å². The van der Waals surface area contributed by atoms with Gasteiger partial charge in [0.15, 0.2) is 0 Å². The molecule has 1 spiro atoms. The fraction of sp³-hybridized carbons (Fsp3) is 1.00. The highest BCUT2D eigenvalue weighted by Gasteiger charge is 2.45. The van der Waals surface area contributed by atoms with Crippen LogP contribution in [0.25, 0.3) is 0 Å². The van der Waals surface area contributed by atoms with Gasteiger partial charge in [0, 0.05) is 0 Å². The van der Waals surface area contributed by atoms with E-state index in [2.05, 4.69) is 12.2 Å². The summed E-state index contributed by atoms with van der Waals surface area (Å²) in [4.78, 5) is 0. The van der Waals surface area contributed by atoms with E-state index >= 15 is 0 Å². The molecule has 1 aliphatic heterocycles.